The molecule has 1 aromatic carbocycles. The van der Waals surface area contributed by atoms with E-state index in [9.17, 15) is 9.59 Å². The van der Waals surface area contributed by atoms with Crippen LogP contribution in [0.1, 0.15) is 31.4 Å². The van der Waals surface area contributed by atoms with Crippen molar-refractivity contribution < 1.29 is 24.2 Å². The maximum atomic E-state index is 12.1. The van der Waals surface area contributed by atoms with Crippen LogP contribution in [0.4, 0.5) is 0 Å². The van der Waals surface area contributed by atoms with E-state index in [1.807, 2.05) is 25.1 Å². The van der Waals surface area contributed by atoms with Gasteiger partial charge < -0.3 is 19.9 Å². The summed E-state index contributed by atoms with van der Waals surface area (Å²) >= 11 is 0. The van der Waals surface area contributed by atoms with Crippen molar-refractivity contribution in [2.24, 2.45) is 11.8 Å². The fraction of sp³-hybridized carbons (Fsp3) is 0.467. The number of ether oxygens (including phenoxy) is 2. The molecule has 1 fully saturated rings. The number of carboxylic acid groups (broad SMARTS) is 1. The molecule has 3 atom stereocenters. The molecule has 0 aromatic heterocycles. The number of rotatable bonds is 4. The Labute approximate surface area is 122 Å². The van der Waals surface area contributed by atoms with Crippen molar-refractivity contribution >= 4 is 11.9 Å². The molecule has 1 heterocycles. The Hall–Kier alpha value is -2.24. The number of fused-ring (bicyclic) bond motifs is 1. The first-order chi connectivity index (χ1) is 10.1. The third kappa shape index (κ3) is 2.53. The summed E-state index contributed by atoms with van der Waals surface area (Å²) < 4.78 is 10.6. The van der Waals surface area contributed by atoms with E-state index in [0.29, 0.717) is 24.3 Å². The first kappa shape index (κ1) is 13.7. The Morgan fingerprint density at radius 2 is 1.95 bits per heavy atom. The van der Waals surface area contributed by atoms with Gasteiger partial charge in [0.1, 0.15) is 0 Å². The molecule has 2 aliphatic rings. The van der Waals surface area contributed by atoms with E-state index in [0.717, 1.165) is 5.56 Å². The van der Waals surface area contributed by atoms with Crippen LogP contribution < -0.4 is 14.8 Å². The maximum absolute atomic E-state index is 12.1. The molecule has 2 N–H and O–H groups in total. The third-order valence-electron chi connectivity index (χ3n) is 4.18. The second-order valence-corrected chi connectivity index (χ2v) is 5.47. The second-order valence-electron chi connectivity index (χ2n) is 5.47. The van der Waals surface area contributed by atoms with Gasteiger partial charge in [0.15, 0.2) is 11.5 Å². The summed E-state index contributed by atoms with van der Waals surface area (Å²) in [4.78, 5) is 23.1. The van der Waals surface area contributed by atoms with Crippen LogP contribution >= 0.6 is 0 Å². The fourth-order valence-electron chi connectivity index (χ4n) is 2.70. The Morgan fingerprint density at radius 1 is 1.24 bits per heavy atom. The van der Waals surface area contributed by atoms with Gasteiger partial charge in [-0.05, 0) is 37.5 Å². The molecule has 3 rings (SSSR count). The number of hydrogen-bond acceptors (Lipinski definition) is 4. The lowest BCUT2D eigenvalue weighted by Crippen LogP contribution is -2.44. The van der Waals surface area contributed by atoms with Crippen LogP contribution in [0.3, 0.4) is 0 Å². The van der Waals surface area contributed by atoms with Crippen LogP contribution in [0.5, 0.6) is 11.5 Å². The summed E-state index contributed by atoms with van der Waals surface area (Å²) in [6.45, 7) is 2.08. The SMILES string of the molecule is CC(NC(=O)C1CCC1C(=O)O)c1ccc2c(c1)OCO2. The summed E-state index contributed by atoms with van der Waals surface area (Å²) in [5, 5.41) is 11.9. The molecule has 0 bridgehead atoms. The van der Waals surface area contributed by atoms with Crippen molar-refractivity contribution in [3.8, 4) is 11.5 Å². The number of hydrogen-bond donors (Lipinski definition) is 2. The van der Waals surface area contributed by atoms with Crippen molar-refractivity contribution in [3.05, 3.63) is 23.8 Å². The first-order valence-corrected chi connectivity index (χ1v) is 6.99. The van der Waals surface area contributed by atoms with Gasteiger partial charge in [0.25, 0.3) is 0 Å². The maximum Gasteiger partial charge on any atom is 0.307 e. The minimum Gasteiger partial charge on any atom is -0.481 e. The lowest BCUT2D eigenvalue weighted by Gasteiger charge is -2.33. The van der Waals surface area contributed by atoms with E-state index in [4.69, 9.17) is 14.6 Å². The Kier molecular flexibility index (Phi) is 3.45. The van der Waals surface area contributed by atoms with Gasteiger partial charge in [0, 0.05) is 0 Å². The molecule has 0 radical (unpaired) electrons. The van der Waals surface area contributed by atoms with Crippen LogP contribution in [0.15, 0.2) is 18.2 Å². The first-order valence-electron chi connectivity index (χ1n) is 6.99. The Morgan fingerprint density at radius 3 is 2.62 bits per heavy atom. The molecule has 6 heteroatoms. The molecule has 0 spiro atoms. The number of aliphatic carboxylic acids is 1. The highest BCUT2D eigenvalue weighted by Gasteiger charge is 2.41. The van der Waals surface area contributed by atoms with Gasteiger partial charge in [-0.25, -0.2) is 0 Å². The normalized spacial score (nSPS) is 24.0. The van der Waals surface area contributed by atoms with E-state index in [-0.39, 0.29) is 18.7 Å². The summed E-state index contributed by atoms with van der Waals surface area (Å²) in [6.07, 6.45) is 1.21. The number of nitrogens with one attached hydrogen (secondary N) is 1. The van der Waals surface area contributed by atoms with Gasteiger partial charge in [0.05, 0.1) is 17.9 Å². The Bertz CT molecular complexity index is 585. The third-order valence-corrected chi connectivity index (χ3v) is 4.18. The molecule has 3 unspecified atom stereocenters. The summed E-state index contributed by atoms with van der Waals surface area (Å²) in [7, 11) is 0. The number of benzene rings is 1. The predicted molar refractivity (Wildman–Crippen MR) is 73.0 cm³/mol. The van der Waals surface area contributed by atoms with Crippen molar-refractivity contribution in [1.29, 1.82) is 0 Å². The van der Waals surface area contributed by atoms with Crippen molar-refractivity contribution in [3.63, 3.8) is 0 Å². The molecule has 1 aliphatic heterocycles. The van der Waals surface area contributed by atoms with Crippen molar-refractivity contribution in [1.82, 2.24) is 5.32 Å². The molecular formula is C15H17NO5. The van der Waals surface area contributed by atoms with E-state index < -0.39 is 17.8 Å². The van der Waals surface area contributed by atoms with Gasteiger partial charge in [-0.3, -0.25) is 9.59 Å². The molecule has 1 aliphatic carbocycles. The summed E-state index contributed by atoms with van der Waals surface area (Å²) in [5.74, 6) is -0.688. The lowest BCUT2D eigenvalue weighted by atomic mass is 9.73. The van der Waals surface area contributed by atoms with Crippen molar-refractivity contribution in [2.45, 2.75) is 25.8 Å². The number of amides is 1. The molecule has 1 aromatic rings. The molecule has 0 saturated heterocycles. The quantitative estimate of drug-likeness (QED) is 0.882. The van der Waals surface area contributed by atoms with Gasteiger partial charge in [-0.15, -0.1) is 0 Å². The summed E-state index contributed by atoms with van der Waals surface area (Å²) in [6, 6.07) is 5.31. The zero-order valence-corrected chi connectivity index (χ0v) is 11.7. The molecule has 1 amide bonds. The number of carbonyl (C=O) groups is 2. The number of carboxylic acids is 1. The largest absolute Gasteiger partial charge is 0.481 e. The van der Waals surface area contributed by atoms with E-state index in [1.54, 1.807) is 0 Å². The Balaban J connectivity index is 1.65. The predicted octanol–water partition coefficient (Wildman–Crippen LogP) is 1.70. The molecule has 112 valence electrons. The van der Waals surface area contributed by atoms with Crippen LogP contribution in [0.2, 0.25) is 0 Å². The van der Waals surface area contributed by atoms with Crippen molar-refractivity contribution in [2.75, 3.05) is 6.79 Å². The minimum atomic E-state index is -0.892. The average molecular weight is 291 g/mol. The minimum absolute atomic E-state index is 0.196. The van der Waals surface area contributed by atoms with E-state index in [2.05, 4.69) is 5.32 Å². The number of carbonyl (C=O) groups excluding carboxylic acids is 1. The topological polar surface area (TPSA) is 84.9 Å². The molecule has 1 saturated carbocycles. The zero-order valence-electron chi connectivity index (χ0n) is 11.7. The monoisotopic (exact) mass is 291 g/mol. The van der Waals surface area contributed by atoms with Crippen LogP contribution in [0, 0.1) is 11.8 Å². The van der Waals surface area contributed by atoms with Crippen LogP contribution in [-0.4, -0.2) is 23.8 Å². The second kappa shape index (κ2) is 5.27. The van der Waals surface area contributed by atoms with Gasteiger partial charge in [-0.2, -0.15) is 0 Å². The van der Waals surface area contributed by atoms with Gasteiger partial charge >= 0.3 is 5.97 Å². The fourth-order valence-corrected chi connectivity index (χ4v) is 2.70. The smallest absolute Gasteiger partial charge is 0.307 e. The molecular weight excluding hydrogens is 274 g/mol. The van der Waals surface area contributed by atoms with Gasteiger partial charge in [-0.1, -0.05) is 6.07 Å². The van der Waals surface area contributed by atoms with E-state index >= 15 is 0 Å². The van der Waals surface area contributed by atoms with Gasteiger partial charge in [0.2, 0.25) is 12.7 Å². The molecule has 21 heavy (non-hydrogen) atoms. The lowest BCUT2D eigenvalue weighted by molar-refractivity contribution is -0.152. The summed E-state index contributed by atoms with van der Waals surface area (Å²) in [5.41, 5.74) is 0.902. The average Bonchev–Trinajstić information content (AvgIpc) is 2.83. The standard InChI is InChI=1S/C15H17NO5/c1-8(9-2-5-12-13(6-9)21-7-20-12)16-14(17)10-3-4-11(10)15(18)19/h2,5-6,8,10-11H,3-4,7H2,1H3,(H,16,17)(H,18,19). The molecule has 6 nitrogen and oxygen atoms in total. The van der Waals surface area contributed by atoms with E-state index in [1.165, 1.54) is 0 Å². The van der Waals surface area contributed by atoms with Crippen LogP contribution in [0.25, 0.3) is 0 Å². The van der Waals surface area contributed by atoms with Crippen LogP contribution in [-0.2, 0) is 9.59 Å². The zero-order chi connectivity index (χ0) is 15.0. The highest BCUT2D eigenvalue weighted by Crippen LogP contribution is 2.36. The highest BCUT2D eigenvalue weighted by molar-refractivity contribution is 5.86. The highest BCUT2D eigenvalue weighted by atomic mass is 16.7.